The Morgan fingerprint density at radius 2 is 2.00 bits per heavy atom. The fourth-order valence-electron chi connectivity index (χ4n) is 1.60. The number of nitrogens with one attached hydrogen (secondary N) is 1. The minimum Gasteiger partial charge on any atom is -0.497 e. The maximum absolute atomic E-state index is 12.3. The smallest absolute Gasteiger partial charge is 0.387 e. The standard InChI is InChI=1S/C13H19F2NO3/c1-9(8-17-2)7-16-11-6-10(18-3)4-5-12(11)19-13(14)15/h4-6,9,13,16H,7-8H2,1-3H3. The molecule has 0 saturated carbocycles. The summed E-state index contributed by atoms with van der Waals surface area (Å²) in [5.41, 5.74) is 0.475. The SMILES string of the molecule is COCC(C)CNc1cc(OC)ccc1OC(F)F. The summed E-state index contributed by atoms with van der Waals surface area (Å²) in [6.45, 7) is 0.303. The van der Waals surface area contributed by atoms with Gasteiger partial charge >= 0.3 is 6.61 Å². The molecule has 0 aromatic heterocycles. The van der Waals surface area contributed by atoms with Crippen molar-refractivity contribution >= 4 is 5.69 Å². The molecule has 0 amide bonds. The van der Waals surface area contributed by atoms with Crippen molar-refractivity contribution in [2.45, 2.75) is 13.5 Å². The summed E-state index contributed by atoms with van der Waals surface area (Å²) in [7, 11) is 3.13. The van der Waals surface area contributed by atoms with E-state index in [1.807, 2.05) is 6.92 Å². The van der Waals surface area contributed by atoms with Gasteiger partial charge < -0.3 is 19.5 Å². The van der Waals surface area contributed by atoms with Gasteiger partial charge in [-0.3, -0.25) is 0 Å². The second-order valence-corrected chi connectivity index (χ2v) is 4.18. The van der Waals surface area contributed by atoms with E-state index in [9.17, 15) is 8.78 Å². The number of anilines is 1. The largest absolute Gasteiger partial charge is 0.497 e. The van der Waals surface area contributed by atoms with E-state index >= 15 is 0 Å². The van der Waals surface area contributed by atoms with Gasteiger partial charge in [0.1, 0.15) is 11.5 Å². The summed E-state index contributed by atoms with van der Waals surface area (Å²) in [4.78, 5) is 0. The third-order valence-corrected chi connectivity index (χ3v) is 2.49. The van der Waals surface area contributed by atoms with Gasteiger partial charge in [-0.25, -0.2) is 0 Å². The van der Waals surface area contributed by atoms with Gasteiger partial charge in [0.25, 0.3) is 0 Å². The molecule has 1 atom stereocenters. The number of methoxy groups -OCH3 is 2. The van der Waals surface area contributed by atoms with Gasteiger partial charge in [-0.1, -0.05) is 6.92 Å². The highest BCUT2D eigenvalue weighted by Gasteiger charge is 2.11. The summed E-state index contributed by atoms with van der Waals surface area (Å²) in [5.74, 6) is 0.916. The number of halogens is 2. The zero-order chi connectivity index (χ0) is 14.3. The number of alkyl halides is 2. The molecule has 1 aromatic rings. The first kappa shape index (κ1) is 15.5. The fraction of sp³-hybridized carbons (Fsp3) is 0.538. The van der Waals surface area contributed by atoms with Crippen molar-refractivity contribution in [3.05, 3.63) is 18.2 Å². The van der Waals surface area contributed by atoms with Gasteiger partial charge in [0.15, 0.2) is 0 Å². The lowest BCUT2D eigenvalue weighted by Gasteiger charge is -2.16. The van der Waals surface area contributed by atoms with Crippen LogP contribution in [0.4, 0.5) is 14.5 Å². The lowest BCUT2D eigenvalue weighted by molar-refractivity contribution is -0.0494. The normalized spacial score (nSPS) is 12.3. The van der Waals surface area contributed by atoms with Crippen LogP contribution < -0.4 is 14.8 Å². The molecule has 0 radical (unpaired) electrons. The van der Waals surface area contributed by atoms with Gasteiger partial charge in [-0.2, -0.15) is 8.78 Å². The van der Waals surface area contributed by atoms with E-state index < -0.39 is 6.61 Å². The second-order valence-electron chi connectivity index (χ2n) is 4.18. The highest BCUT2D eigenvalue weighted by atomic mass is 19.3. The van der Waals surface area contributed by atoms with Crippen molar-refractivity contribution in [2.24, 2.45) is 5.92 Å². The number of benzene rings is 1. The van der Waals surface area contributed by atoms with Crippen LogP contribution in [0.3, 0.4) is 0 Å². The van der Waals surface area contributed by atoms with Crippen LogP contribution in [0.15, 0.2) is 18.2 Å². The Morgan fingerprint density at radius 3 is 2.58 bits per heavy atom. The van der Waals surface area contributed by atoms with E-state index in [2.05, 4.69) is 10.1 Å². The first-order chi connectivity index (χ1) is 9.06. The Kier molecular flexibility index (Phi) is 6.35. The van der Waals surface area contributed by atoms with Gasteiger partial charge in [-0.15, -0.1) is 0 Å². The van der Waals surface area contributed by atoms with E-state index in [0.29, 0.717) is 24.6 Å². The van der Waals surface area contributed by atoms with Crippen LogP contribution in [0.2, 0.25) is 0 Å². The fourth-order valence-corrected chi connectivity index (χ4v) is 1.60. The van der Waals surface area contributed by atoms with E-state index in [4.69, 9.17) is 9.47 Å². The molecule has 0 aliphatic rings. The van der Waals surface area contributed by atoms with Crippen LogP contribution in [0, 0.1) is 5.92 Å². The van der Waals surface area contributed by atoms with Gasteiger partial charge in [0.05, 0.1) is 19.4 Å². The van der Waals surface area contributed by atoms with Crippen molar-refractivity contribution in [3.63, 3.8) is 0 Å². The minimum atomic E-state index is -2.86. The lowest BCUT2D eigenvalue weighted by Crippen LogP contribution is -2.16. The van der Waals surface area contributed by atoms with Crippen LogP contribution in [0.1, 0.15) is 6.92 Å². The Balaban J connectivity index is 2.76. The quantitative estimate of drug-likeness (QED) is 0.791. The average molecular weight is 275 g/mol. The van der Waals surface area contributed by atoms with Crippen molar-refractivity contribution in [1.82, 2.24) is 0 Å². The highest BCUT2D eigenvalue weighted by molar-refractivity contribution is 5.59. The molecule has 4 nitrogen and oxygen atoms in total. The van der Waals surface area contributed by atoms with E-state index in [0.717, 1.165) is 0 Å². The molecule has 1 N–H and O–H groups in total. The monoisotopic (exact) mass is 275 g/mol. The number of rotatable bonds is 8. The molecule has 0 aliphatic carbocycles. The molecule has 0 aliphatic heterocycles. The molecule has 0 spiro atoms. The summed E-state index contributed by atoms with van der Waals surface area (Å²) >= 11 is 0. The summed E-state index contributed by atoms with van der Waals surface area (Å²) in [6.07, 6.45) is 0. The Bertz CT molecular complexity index is 388. The van der Waals surface area contributed by atoms with Gasteiger partial charge in [-0.05, 0) is 18.1 Å². The molecular weight excluding hydrogens is 256 g/mol. The van der Waals surface area contributed by atoms with Crippen molar-refractivity contribution < 1.29 is 23.0 Å². The molecule has 19 heavy (non-hydrogen) atoms. The molecule has 108 valence electrons. The topological polar surface area (TPSA) is 39.7 Å². The predicted molar refractivity (Wildman–Crippen MR) is 69.2 cm³/mol. The first-order valence-corrected chi connectivity index (χ1v) is 5.92. The summed E-state index contributed by atoms with van der Waals surface area (Å²) in [6, 6.07) is 4.65. The number of hydrogen-bond donors (Lipinski definition) is 1. The first-order valence-electron chi connectivity index (χ1n) is 5.92. The van der Waals surface area contributed by atoms with Crippen molar-refractivity contribution in [3.8, 4) is 11.5 Å². The summed E-state index contributed by atoms with van der Waals surface area (Å²) in [5, 5.41) is 3.06. The van der Waals surface area contributed by atoms with Crippen LogP contribution in [0.5, 0.6) is 11.5 Å². The molecule has 6 heteroatoms. The average Bonchev–Trinajstić information content (AvgIpc) is 2.37. The van der Waals surface area contributed by atoms with Gasteiger partial charge in [0.2, 0.25) is 0 Å². The predicted octanol–water partition coefficient (Wildman–Crippen LogP) is 2.99. The maximum Gasteiger partial charge on any atom is 0.387 e. The van der Waals surface area contributed by atoms with Crippen molar-refractivity contribution in [2.75, 3.05) is 32.7 Å². The van der Waals surface area contributed by atoms with Crippen LogP contribution in [-0.4, -0.2) is 34.0 Å². The third kappa shape index (κ3) is 5.30. The number of hydrogen-bond acceptors (Lipinski definition) is 4. The Labute approximate surface area is 111 Å². The number of ether oxygens (including phenoxy) is 3. The molecular formula is C13H19F2NO3. The molecule has 0 saturated heterocycles. The minimum absolute atomic E-state index is 0.0976. The van der Waals surface area contributed by atoms with Crippen LogP contribution in [0.25, 0.3) is 0 Å². The van der Waals surface area contributed by atoms with Crippen LogP contribution in [-0.2, 0) is 4.74 Å². The van der Waals surface area contributed by atoms with E-state index in [1.165, 1.54) is 13.2 Å². The van der Waals surface area contributed by atoms with Gasteiger partial charge in [0, 0.05) is 19.7 Å². The molecule has 1 aromatic carbocycles. The zero-order valence-electron chi connectivity index (χ0n) is 11.3. The Hall–Kier alpha value is -1.56. The third-order valence-electron chi connectivity index (χ3n) is 2.49. The highest BCUT2D eigenvalue weighted by Crippen LogP contribution is 2.30. The van der Waals surface area contributed by atoms with E-state index in [1.54, 1.807) is 19.2 Å². The molecule has 0 fully saturated rings. The maximum atomic E-state index is 12.3. The van der Waals surface area contributed by atoms with E-state index in [-0.39, 0.29) is 11.7 Å². The summed E-state index contributed by atoms with van der Waals surface area (Å²) < 4.78 is 39.1. The zero-order valence-corrected chi connectivity index (χ0v) is 11.3. The molecule has 0 heterocycles. The lowest BCUT2D eigenvalue weighted by atomic mass is 10.2. The van der Waals surface area contributed by atoms with Crippen LogP contribution >= 0.6 is 0 Å². The Morgan fingerprint density at radius 1 is 1.26 bits per heavy atom. The second kappa shape index (κ2) is 7.78. The van der Waals surface area contributed by atoms with Crippen molar-refractivity contribution in [1.29, 1.82) is 0 Å². The molecule has 1 unspecified atom stereocenters. The molecule has 1 rings (SSSR count). The molecule has 0 bridgehead atoms.